The lowest BCUT2D eigenvalue weighted by Gasteiger charge is -2.02. The van der Waals surface area contributed by atoms with Crippen molar-refractivity contribution >= 4 is 17.6 Å². The second kappa shape index (κ2) is 4.99. The Labute approximate surface area is 85.4 Å². The van der Waals surface area contributed by atoms with E-state index in [-0.39, 0.29) is 19.6 Å². The molecule has 7 heteroatoms. The number of nitrogens with zero attached hydrogens (tertiary/aromatic N) is 2. The third kappa shape index (κ3) is 4.12. The summed E-state index contributed by atoms with van der Waals surface area (Å²) < 4.78 is 5.96. The van der Waals surface area contributed by atoms with Crippen LogP contribution in [0.25, 0.3) is 0 Å². The maximum absolute atomic E-state index is 11.1. The van der Waals surface area contributed by atoms with Crippen LogP contribution in [0.2, 0.25) is 0 Å². The van der Waals surface area contributed by atoms with Crippen LogP contribution < -0.4 is 5.73 Å². The number of hydrogen-bond donors (Lipinski definition) is 2. The molecule has 1 heterocycles. The first-order valence-electron chi connectivity index (χ1n) is 4.23. The van der Waals surface area contributed by atoms with Gasteiger partial charge in [0.05, 0.1) is 18.3 Å². The minimum Gasteiger partial charge on any atom is -0.481 e. The Bertz CT molecular complexity index is 361. The minimum absolute atomic E-state index is 0.0726. The van der Waals surface area contributed by atoms with E-state index >= 15 is 0 Å². The molecular formula is C8H11N3O4. The SMILES string of the molecule is Nc1cnn(CC(=O)OCCC(=O)O)c1. The maximum Gasteiger partial charge on any atom is 0.327 e. The van der Waals surface area contributed by atoms with Gasteiger partial charge in [0.25, 0.3) is 0 Å². The highest BCUT2D eigenvalue weighted by Gasteiger charge is 2.06. The zero-order valence-corrected chi connectivity index (χ0v) is 7.92. The number of ether oxygens (including phenoxy) is 1. The van der Waals surface area contributed by atoms with Gasteiger partial charge in [0.15, 0.2) is 0 Å². The molecule has 15 heavy (non-hydrogen) atoms. The molecule has 0 aliphatic rings. The van der Waals surface area contributed by atoms with Crippen LogP contribution in [-0.2, 0) is 20.9 Å². The lowest BCUT2D eigenvalue weighted by Crippen LogP contribution is -2.15. The molecule has 1 rings (SSSR count). The van der Waals surface area contributed by atoms with Gasteiger partial charge in [0.2, 0.25) is 0 Å². The number of carbonyl (C=O) groups is 2. The van der Waals surface area contributed by atoms with Crippen LogP contribution in [0, 0.1) is 0 Å². The van der Waals surface area contributed by atoms with Crippen molar-refractivity contribution in [1.82, 2.24) is 9.78 Å². The average molecular weight is 213 g/mol. The zero-order valence-electron chi connectivity index (χ0n) is 7.92. The van der Waals surface area contributed by atoms with Gasteiger partial charge in [-0.3, -0.25) is 14.3 Å². The fourth-order valence-electron chi connectivity index (χ4n) is 0.896. The van der Waals surface area contributed by atoms with Gasteiger partial charge >= 0.3 is 11.9 Å². The second-order valence-corrected chi connectivity index (χ2v) is 2.84. The molecule has 1 aromatic heterocycles. The van der Waals surface area contributed by atoms with E-state index in [2.05, 4.69) is 9.84 Å². The van der Waals surface area contributed by atoms with E-state index in [1.54, 1.807) is 0 Å². The summed E-state index contributed by atoms with van der Waals surface area (Å²) in [5, 5.41) is 12.1. The molecule has 0 atom stereocenters. The monoisotopic (exact) mass is 213 g/mol. The van der Waals surface area contributed by atoms with Gasteiger partial charge in [0.1, 0.15) is 13.2 Å². The number of nitrogen functional groups attached to an aromatic ring is 1. The molecule has 0 aliphatic carbocycles. The smallest absolute Gasteiger partial charge is 0.327 e. The Morgan fingerprint density at radius 1 is 1.60 bits per heavy atom. The molecule has 0 radical (unpaired) electrons. The highest BCUT2D eigenvalue weighted by atomic mass is 16.5. The Hall–Kier alpha value is -2.05. The van der Waals surface area contributed by atoms with E-state index in [1.165, 1.54) is 17.1 Å². The summed E-state index contributed by atoms with van der Waals surface area (Å²) >= 11 is 0. The Morgan fingerprint density at radius 2 is 2.33 bits per heavy atom. The number of rotatable bonds is 5. The molecule has 7 nitrogen and oxygen atoms in total. The lowest BCUT2D eigenvalue weighted by atomic mass is 10.5. The topological polar surface area (TPSA) is 107 Å². The lowest BCUT2D eigenvalue weighted by molar-refractivity contribution is -0.147. The van der Waals surface area contributed by atoms with Gasteiger partial charge < -0.3 is 15.6 Å². The molecule has 0 saturated heterocycles. The number of aliphatic carboxylic acids is 1. The number of carboxylic acids is 1. The predicted molar refractivity (Wildman–Crippen MR) is 49.9 cm³/mol. The summed E-state index contributed by atoms with van der Waals surface area (Å²) in [6, 6.07) is 0. The fraction of sp³-hybridized carbons (Fsp3) is 0.375. The highest BCUT2D eigenvalue weighted by molar-refractivity contribution is 5.70. The first-order valence-corrected chi connectivity index (χ1v) is 4.23. The van der Waals surface area contributed by atoms with Crippen molar-refractivity contribution in [3.05, 3.63) is 12.4 Å². The van der Waals surface area contributed by atoms with Crippen LogP contribution in [0.4, 0.5) is 5.69 Å². The predicted octanol–water partition coefficient (Wildman–Crippen LogP) is -0.517. The van der Waals surface area contributed by atoms with Crippen molar-refractivity contribution in [1.29, 1.82) is 0 Å². The number of hydrogen-bond acceptors (Lipinski definition) is 5. The van der Waals surface area contributed by atoms with Crippen molar-refractivity contribution in [2.24, 2.45) is 0 Å². The van der Waals surface area contributed by atoms with Gasteiger partial charge in [-0.15, -0.1) is 0 Å². The highest BCUT2D eigenvalue weighted by Crippen LogP contribution is 1.98. The number of anilines is 1. The van der Waals surface area contributed by atoms with Crippen molar-refractivity contribution < 1.29 is 19.4 Å². The molecule has 3 N–H and O–H groups in total. The molecule has 0 aliphatic heterocycles. The molecule has 0 saturated carbocycles. The summed E-state index contributed by atoms with van der Waals surface area (Å²) in [5.74, 6) is -1.55. The van der Waals surface area contributed by atoms with Crippen LogP contribution in [0.3, 0.4) is 0 Å². The molecular weight excluding hydrogens is 202 g/mol. The van der Waals surface area contributed by atoms with Crippen LogP contribution in [0.1, 0.15) is 6.42 Å². The molecule has 0 aromatic carbocycles. The fourth-order valence-corrected chi connectivity index (χ4v) is 0.896. The van der Waals surface area contributed by atoms with Crippen molar-refractivity contribution in [2.75, 3.05) is 12.3 Å². The van der Waals surface area contributed by atoms with Crippen molar-refractivity contribution in [3.8, 4) is 0 Å². The quantitative estimate of drug-likeness (QED) is 0.637. The Morgan fingerprint density at radius 3 is 2.87 bits per heavy atom. The van der Waals surface area contributed by atoms with Crippen molar-refractivity contribution in [3.63, 3.8) is 0 Å². The normalized spacial score (nSPS) is 9.87. The molecule has 1 aromatic rings. The van der Waals surface area contributed by atoms with Gasteiger partial charge in [-0.05, 0) is 0 Å². The van der Waals surface area contributed by atoms with E-state index in [1.807, 2.05) is 0 Å². The van der Waals surface area contributed by atoms with Gasteiger partial charge in [0, 0.05) is 6.20 Å². The largest absolute Gasteiger partial charge is 0.481 e. The van der Waals surface area contributed by atoms with E-state index in [0.717, 1.165) is 0 Å². The average Bonchev–Trinajstić information content (AvgIpc) is 2.50. The summed E-state index contributed by atoms with van der Waals surface area (Å²) in [5.41, 5.74) is 5.83. The molecule has 82 valence electrons. The molecule has 0 unspecified atom stereocenters. The molecule has 0 bridgehead atoms. The van der Waals surface area contributed by atoms with Gasteiger partial charge in [-0.1, -0.05) is 0 Å². The number of carbonyl (C=O) groups excluding carboxylic acids is 1. The molecule has 0 fully saturated rings. The minimum atomic E-state index is -1.01. The summed E-state index contributed by atoms with van der Waals surface area (Å²) in [6.07, 6.45) is 2.69. The van der Waals surface area contributed by atoms with E-state index in [9.17, 15) is 9.59 Å². The standard InChI is InChI=1S/C8H11N3O4/c9-6-3-10-11(4-6)5-8(14)15-2-1-7(12)13/h3-4H,1-2,5,9H2,(H,12,13). The van der Waals surface area contributed by atoms with E-state index in [0.29, 0.717) is 5.69 Å². The van der Waals surface area contributed by atoms with Gasteiger partial charge in [-0.25, -0.2) is 0 Å². The Balaban J connectivity index is 2.27. The van der Waals surface area contributed by atoms with Crippen LogP contribution in [0.15, 0.2) is 12.4 Å². The number of carboxylic acid groups (broad SMARTS) is 1. The van der Waals surface area contributed by atoms with E-state index < -0.39 is 11.9 Å². The number of nitrogens with two attached hydrogens (primary N) is 1. The zero-order chi connectivity index (χ0) is 11.3. The van der Waals surface area contributed by atoms with Crippen LogP contribution in [0.5, 0.6) is 0 Å². The van der Waals surface area contributed by atoms with Crippen LogP contribution >= 0.6 is 0 Å². The summed E-state index contributed by atoms with van der Waals surface area (Å²) in [4.78, 5) is 21.2. The number of esters is 1. The van der Waals surface area contributed by atoms with Gasteiger partial charge in [-0.2, -0.15) is 5.10 Å². The molecule has 0 amide bonds. The van der Waals surface area contributed by atoms with Crippen LogP contribution in [-0.4, -0.2) is 33.4 Å². The Kier molecular flexibility index (Phi) is 3.67. The maximum atomic E-state index is 11.1. The summed E-state index contributed by atoms with van der Waals surface area (Å²) in [6.45, 7) is -0.207. The molecule has 0 spiro atoms. The second-order valence-electron chi connectivity index (χ2n) is 2.84. The van der Waals surface area contributed by atoms with E-state index in [4.69, 9.17) is 10.8 Å². The third-order valence-corrected chi connectivity index (χ3v) is 1.52. The number of aromatic nitrogens is 2. The third-order valence-electron chi connectivity index (χ3n) is 1.52. The summed E-state index contributed by atoms with van der Waals surface area (Å²) in [7, 11) is 0. The first-order chi connectivity index (χ1) is 7.08. The van der Waals surface area contributed by atoms with Crippen molar-refractivity contribution in [2.45, 2.75) is 13.0 Å². The first kappa shape index (κ1) is 11.0.